The van der Waals surface area contributed by atoms with Gasteiger partial charge in [-0.05, 0) is 17.5 Å². The lowest BCUT2D eigenvalue weighted by atomic mass is 10.1. The SMILES string of the molecule is Nc1cc(-c2cc3cccc(C(F)(F)F)c3s2)on1. The highest BCUT2D eigenvalue weighted by Gasteiger charge is 2.33. The lowest BCUT2D eigenvalue weighted by Crippen LogP contribution is -2.04. The summed E-state index contributed by atoms with van der Waals surface area (Å²) >= 11 is 1.01. The number of benzene rings is 1. The maximum atomic E-state index is 12.9. The van der Waals surface area contributed by atoms with Gasteiger partial charge >= 0.3 is 6.18 Å². The summed E-state index contributed by atoms with van der Waals surface area (Å²) in [5.41, 5.74) is 4.78. The van der Waals surface area contributed by atoms with Crippen LogP contribution in [0.1, 0.15) is 5.56 Å². The fourth-order valence-electron chi connectivity index (χ4n) is 1.81. The summed E-state index contributed by atoms with van der Waals surface area (Å²) in [6, 6.07) is 7.20. The van der Waals surface area contributed by atoms with Gasteiger partial charge in [0.2, 0.25) is 0 Å². The van der Waals surface area contributed by atoms with E-state index < -0.39 is 11.7 Å². The van der Waals surface area contributed by atoms with Gasteiger partial charge in [0.1, 0.15) is 0 Å². The third-order valence-electron chi connectivity index (χ3n) is 2.62. The van der Waals surface area contributed by atoms with Gasteiger partial charge in [-0.3, -0.25) is 0 Å². The lowest BCUT2D eigenvalue weighted by Gasteiger charge is -2.06. The minimum absolute atomic E-state index is 0.181. The average molecular weight is 284 g/mol. The predicted molar refractivity (Wildman–Crippen MR) is 66.7 cm³/mol. The number of alkyl halides is 3. The number of aromatic nitrogens is 1. The number of anilines is 1. The van der Waals surface area contributed by atoms with E-state index in [9.17, 15) is 13.2 Å². The molecule has 0 aliphatic heterocycles. The van der Waals surface area contributed by atoms with Crippen molar-refractivity contribution >= 4 is 27.2 Å². The van der Waals surface area contributed by atoms with Gasteiger partial charge in [-0.25, -0.2) is 0 Å². The lowest BCUT2D eigenvalue weighted by molar-refractivity contribution is -0.136. The van der Waals surface area contributed by atoms with Crippen LogP contribution < -0.4 is 5.73 Å². The molecule has 3 rings (SSSR count). The summed E-state index contributed by atoms with van der Waals surface area (Å²) in [5.74, 6) is 0.565. The molecule has 1 aromatic carbocycles. The Hall–Kier alpha value is -2.02. The number of fused-ring (bicyclic) bond motifs is 1. The van der Waals surface area contributed by atoms with Crippen LogP contribution in [0.15, 0.2) is 34.9 Å². The van der Waals surface area contributed by atoms with Crippen LogP contribution in [0.2, 0.25) is 0 Å². The van der Waals surface area contributed by atoms with Crippen LogP contribution in [0.3, 0.4) is 0 Å². The standard InChI is InChI=1S/C12H7F3N2OS/c13-12(14,15)7-3-1-2-6-4-9(19-11(6)7)8-5-10(16)17-18-8/h1-5H,(H2,16,17). The van der Waals surface area contributed by atoms with Gasteiger partial charge in [0.05, 0.1) is 10.4 Å². The molecule has 0 unspecified atom stereocenters. The molecule has 0 radical (unpaired) electrons. The highest BCUT2D eigenvalue weighted by Crippen LogP contribution is 2.41. The summed E-state index contributed by atoms with van der Waals surface area (Å²) in [6.07, 6.45) is -4.37. The Morgan fingerprint density at radius 1 is 1.21 bits per heavy atom. The van der Waals surface area contributed by atoms with Crippen LogP contribution in [0.25, 0.3) is 20.7 Å². The topological polar surface area (TPSA) is 52.0 Å². The van der Waals surface area contributed by atoms with E-state index >= 15 is 0 Å². The fourth-order valence-corrected chi connectivity index (χ4v) is 2.95. The second-order valence-corrected chi connectivity index (χ2v) is 5.00. The number of nitrogen functional groups attached to an aromatic ring is 1. The molecule has 2 heterocycles. The zero-order chi connectivity index (χ0) is 13.6. The zero-order valence-electron chi connectivity index (χ0n) is 9.36. The molecule has 3 aromatic rings. The Balaban J connectivity index is 2.21. The smallest absolute Gasteiger partial charge is 0.381 e. The van der Waals surface area contributed by atoms with Gasteiger partial charge in [-0.2, -0.15) is 13.2 Å². The maximum Gasteiger partial charge on any atom is 0.417 e. The van der Waals surface area contributed by atoms with Gasteiger partial charge in [0.25, 0.3) is 0 Å². The largest absolute Gasteiger partial charge is 0.417 e. The predicted octanol–water partition coefficient (Wildman–Crippen LogP) is 4.16. The van der Waals surface area contributed by atoms with Gasteiger partial charge < -0.3 is 10.3 Å². The summed E-state index contributed by atoms with van der Waals surface area (Å²) in [7, 11) is 0. The second kappa shape index (κ2) is 3.99. The van der Waals surface area contributed by atoms with Crippen molar-refractivity contribution < 1.29 is 17.7 Å². The first kappa shape index (κ1) is 12.0. The number of hydrogen-bond acceptors (Lipinski definition) is 4. The molecular formula is C12H7F3N2OS. The van der Waals surface area contributed by atoms with Crippen molar-refractivity contribution in [1.82, 2.24) is 5.16 Å². The quantitative estimate of drug-likeness (QED) is 0.730. The van der Waals surface area contributed by atoms with Crippen molar-refractivity contribution in [3.63, 3.8) is 0 Å². The van der Waals surface area contributed by atoms with E-state index in [0.29, 0.717) is 16.0 Å². The van der Waals surface area contributed by atoms with Crippen molar-refractivity contribution in [1.29, 1.82) is 0 Å². The Bertz CT molecular complexity index is 745. The summed E-state index contributed by atoms with van der Waals surface area (Å²) in [4.78, 5) is 0.566. The summed E-state index contributed by atoms with van der Waals surface area (Å²) in [6.45, 7) is 0. The van der Waals surface area contributed by atoms with Crippen LogP contribution in [0.5, 0.6) is 0 Å². The average Bonchev–Trinajstić information content (AvgIpc) is 2.92. The molecule has 2 N–H and O–H groups in total. The molecule has 0 fully saturated rings. The molecule has 19 heavy (non-hydrogen) atoms. The zero-order valence-corrected chi connectivity index (χ0v) is 10.2. The summed E-state index contributed by atoms with van der Waals surface area (Å²) in [5, 5.41) is 4.04. The van der Waals surface area contributed by atoms with E-state index in [1.54, 1.807) is 12.1 Å². The van der Waals surface area contributed by atoms with Crippen molar-refractivity contribution in [2.75, 3.05) is 5.73 Å². The molecule has 0 aliphatic carbocycles. The number of thiophene rings is 1. The van der Waals surface area contributed by atoms with E-state index in [4.69, 9.17) is 10.3 Å². The maximum absolute atomic E-state index is 12.9. The Kier molecular flexibility index (Phi) is 2.53. The molecule has 3 nitrogen and oxygen atoms in total. The number of nitrogens with two attached hydrogens (primary N) is 1. The van der Waals surface area contributed by atoms with Crippen LogP contribution in [0, 0.1) is 0 Å². The van der Waals surface area contributed by atoms with Crippen LogP contribution >= 0.6 is 11.3 Å². The number of nitrogens with zero attached hydrogens (tertiary/aromatic N) is 1. The molecule has 0 amide bonds. The van der Waals surface area contributed by atoms with Crippen LogP contribution in [-0.2, 0) is 6.18 Å². The highest BCUT2D eigenvalue weighted by molar-refractivity contribution is 7.22. The molecule has 2 aromatic heterocycles. The first-order chi connectivity index (χ1) is 8.95. The van der Waals surface area contributed by atoms with Gasteiger partial charge in [-0.15, -0.1) is 11.3 Å². The molecule has 98 valence electrons. The minimum Gasteiger partial charge on any atom is -0.381 e. The number of rotatable bonds is 1. The molecule has 0 bridgehead atoms. The van der Waals surface area contributed by atoms with Gasteiger partial charge in [0.15, 0.2) is 11.6 Å². The molecule has 0 spiro atoms. The first-order valence-corrected chi connectivity index (χ1v) is 6.09. The normalized spacial score (nSPS) is 12.2. The van der Waals surface area contributed by atoms with E-state index in [0.717, 1.165) is 17.4 Å². The molecule has 0 atom stereocenters. The van der Waals surface area contributed by atoms with Crippen molar-refractivity contribution in [2.45, 2.75) is 6.18 Å². The number of halogens is 3. The summed E-state index contributed by atoms with van der Waals surface area (Å²) < 4.78 is 43.8. The van der Waals surface area contributed by atoms with Crippen LogP contribution in [0.4, 0.5) is 19.0 Å². The Labute approximate surface area is 109 Å². The van der Waals surface area contributed by atoms with E-state index in [2.05, 4.69) is 5.16 Å². The molecular weight excluding hydrogens is 277 g/mol. The Morgan fingerprint density at radius 2 is 2.00 bits per heavy atom. The van der Waals surface area contributed by atoms with E-state index in [-0.39, 0.29) is 10.5 Å². The van der Waals surface area contributed by atoms with Gasteiger partial charge in [-0.1, -0.05) is 17.3 Å². The second-order valence-electron chi connectivity index (χ2n) is 3.95. The van der Waals surface area contributed by atoms with Gasteiger partial charge in [0, 0.05) is 10.8 Å². The number of hydrogen-bond donors (Lipinski definition) is 1. The van der Waals surface area contributed by atoms with E-state index in [1.807, 2.05) is 0 Å². The molecule has 0 aliphatic rings. The minimum atomic E-state index is -4.37. The van der Waals surface area contributed by atoms with Crippen molar-refractivity contribution in [3.8, 4) is 10.6 Å². The fraction of sp³-hybridized carbons (Fsp3) is 0.0833. The third kappa shape index (κ3) is 2.06. The third-order valence-corrected chi connectivity index (χ3v) is 3.82. The highest BCUT2D eigenvalue weighted by atomic mass is 32.1. The Morgan fingerprint density at radius 3 is 2.63 bits per heavy atom. The van der Waals surface area contributed by atoms with Crippen LogP contribution in [-0.4, -0.2) is 5.16 Å². The monoisotopic (exact) mass is 284 g/mol. The van der Waals surface area contributed by atoms with Crippen molar-refractivity contribution in [3.05, 3.63) is 35.9 Å². The molecule has 7 heteroatoms. The van der Waals surface area contributed by atoms with E-state index in [1.165, 1.54) is 12.1 Å². The molecule has 0 saturated carbocycles. The first-order valence-electron chi connectivity index (χ1n) is 5.27. The van der Waals surface area contributed by atoms with Crippen molar-refractivity contribution in [2.24, 2.45) is 0 Å². The molecule has 0 saturated heterocycles.